The molecule has 0 aromatic heterocycles. The minimum atomic E-state index is -0.237. The smallest absolute Gasteiger partial charge is 0.262 e. The fourth-order valence-corrected chi connectivity index (χ4v) is 2.89. The molecule has 2 unspecified atom stereocenters. The molecule has 0 saturated carbocycles. The van der Waals surface area contributed by atoms with Gasteiger partial charge in [0.15, 0.2) is 0 Å². The van der Waals surface area contributed by atoms with E-state index < -0.39 is 0 Å². The number of carbonyl (C=O) groups excluding carboxylic acids is 1. The largest absolute Gasteiger partial charge is 0.273 e. The van der Waals surface area contributed by atoms with Crippen molar-refractivity contribution in [2.75, 3.05) is 0 Å². The Morgan fingerprint density at radius 3 is 2.84 bits per heavy atom. The lowest BCUT2D eigenvalue weighted by atomic mass is 9.96. The maximum absolute atomic E-state index is 11.8. The molecule has 19 heavy (non-hydrogen) atoms. The molecule has 6 heteroatoms. The molecule has 2 aliphatic heterocycles. The fraction of sp³-hybridized carbons (Fsp3) is 0.385. The van der Waals surface area contributed by atoms with Crippen LogP contribution in [0.25, 0.3) is 0 Å². The van der Waals surface area contributed by atoms with Crippen molar-refractivity contribution in [3.63, 3.8) is 0 Å². The molecule has 0 bridgehead atoms. The van der Waals surface area contributed by atoms with Crippen LogP contribution in [0.5, 0.6) is 0 Å². The van der Waals surface area contributed by atoms with Gasteiger partial charge in [0.1, 0.15) is 6.04 Å². The van der Waals surface area contributed by atoms with Gasteiger partial charge in [0, 0.05) is 0 Å². The van der Waals surface area contributed by atoms with E-state index in [-0.39, 0.29) is 18.0 Å². The van der Waals surface area contributed by atoms with E-state index in [1.54, 1.807) is 5.01 Å². The average Bonchev–Trinajstić information content (AvgIpc) is 2.83. The Labute approximate surface area is 117 Å². The van der Waals surface area contributed by atoms with Crippen molar-refractivity contribution in [2.24, 2.45) is 0 Å². The number of carbonyl (C=O) groups is 1. The van der Waals surface area contributed by atoms with Crippen LogP contribution in [-0.4, -0.2) is 22.1 Å². The quantitative estimate of drug-likeness (QED) is 0.664. The van der Waals surface area contributed by atoms with Crippen molar-refractivity contribution in [1.82, 2.24) is 21.3 Å². The van der Waals surface area contributed by atoms with Crippen molar-refractivity contribution < 1.29 is 4.79 Å². The monoisotopic (exact) mass is 276 g/mol. The third-order valence-corrected chi connectivity index (χ3v) is 3.99. The number of thiocarbonyl (C=S) groups is 1. The van der Waals surface area contributed by atoms with Crippen LogP contribution in [-0.2, 0) is 4.79 Å². The number of hydrogen-bond acceptors (Lipinski definition) is 3. The van der Waals surface area contributed by atoms with Crippen LogP contribution in [0.3, 0.4) is 0 Å². The Balaban J connectivity index is 1.90. The van der Waals surface area contributed by atoms with E-state index in [0.29, 0.717) is 5.11 Å². The van der Waals surface area contributed by atoms with Gasteiger partial charge in [-0.15, -0.1) is 0 Å². The van der Waals surface area contributed by atoms with Crippen molar-refractivity contribution in [3.05, 3.63) is 34.9 Å². The molecule has 0 spiro atoms. The summed E-state index contributed by atoms with van der Waals surface area (Å²) in [6.45, 7) is 4.16. The molecule has 1 amide bonds. The summed E-state index contributed by atoms with van der Waals surface area (Å²) in [5, 5.41) is 2.26. The van der Waals surface area contributed by atoms with Gasteiger partial charge in [-0.2, -0.15) is 0 Å². The number of hydrazine groups is 2. The lowest BCUT2D eigenvalue weighted by Gasteiger charge is -2.31. The first-order valence-electron chi connectivity index (χ1n) is 6.28. The molecule has 5 nitrogen and oxygen atoms in total. The van der Waals surface area contributed by atoms with Crippen molar-refractivity contribution in [1.29, 1.82) is 0 Å². The zero-order valence-electron chi connectivity index (χ0n) is 10.9. The van der Waals surface area contributed by atoms with Gasteiger partial charge in [0.25, 0.3) is 5.91 Å². The Hall–Kier alpha value is -1.66. The number of nitrogens with zero attached hydrogens (tertiary/aromatic N) is 1. The van der Waals surface area contributed by atoms with E-state index in [0.717, 1.165) is 6.42 Å². The normalized spacial score (nSPS) is 25.9. The molecule has 1 aromatic carbocycles. The van der Waals surface area contributed by atoms with Crippen LogP contribution in [0.2, 0.25) is 0 Å². The van der Waals surface area contributed by atoms with E-state index in [9.17, 15) is 4.79 Å². The molecule has 100 valence electrons. The molecule has 3 rings (SSSR count). The molecule has 0 radical (unpaired) electrons. The standard InChI is InChI=1S/C13H16N4OS/c1-7-3-4-8(2)9(5-7)10-6-11-12(18)14-15-13(19)17(11)16-10/h3-5,10-11,16H,6H2,1-2H3,(H,14,18)(H,15,19). The molecule has 2 fully saturated rings. The molecule has 2 atom stereocenters. The topological polar surface area (TPSA) is 56.4 Å². The second-order valence-corrected chi connectivity index (χ2v) is 5.47. The van der Waals surface area contributed by atoms with Gasteiger partial charge in [-0.05, 0) is 43.6 Å². The van der Waals surface area contributed by atoms with Crippen molar-refractivity contribution in [3.8, 4) is 0 Å². The molecular formula is C13H16N4OS. The minimum Gasteiger partial charge on any atom is -0.273 e. The Kier molecular flexibility index (Phi) is 2.91. The summed E-state index contributed by atoms with van der Waals surface area (Å²) in [5.41, 5.74) is 12.3. The van der Waals surface area contributed by atoms with Gasteiger partial charge in [0.2, 0.25) is 5.11 Å². The highest BCUT2D eigenvalue weighted by atomic mass is 32.1. The second kappa shape index (κ2) is 4.47. The summed E-state index contributed by atoms with van der Waals surface area (Å²) in [7, 11) is 0. The molecule has 1 aromatic rings. The van der Waals surface area contributed by atoms with Gasteiger partial charge < -0.3 is 0 Å². The molecule has 2 saturated heterocycles. The third kappa shape index (κ3) is 2.06. The zero-order chi connectivity index (χ0) is 13.6. The highest BCUT2D eigenvalue weighted by molar-refractivity contribution is 7.80. The Morgan fingerprint density at radius 1 is 1.32 bits per heavy atom. The fourth-order valence-electron chi connectivity index (χ4n) is 2.65. The lowest BCUT2D eigenvalue weighted by molar-refractivity contribution is -0.126. The summed E-state index contributed by atoms with van der Waals surface area (Å²) in [6, 6.07) is 6.26. The van der Waals surface area contributed by atoms with Gasteiger partial charge in [-0.1, -0.05) is 23.8 Å². The number of benzene rings is 1. The predicted molar refractivity (Wildman–Crippen MR) is 75.9 cm³/mol. The Morgan fingerprint density at radius 2 is 2.11 bits per heavy atom. The van der Waals surface area contributed by atoms with Crippen LogP contribution < -0.4 is 16.3 Å². The van der Waals surface area contributed by atoms with E-state index >= 15 is 0 Å². The second-order valence-electron chi connectivity index (χ2n) is 5.08. The van der Waals surface area contributed by atoms with Crippen molar-refractivity contribution >= 4 is 23.2 Å². The first kappa shape index (κ1) is 12.4. The molecule has 0 aliphatic carbocycles. The van der Waals surface area contributed by atoms with Crippen LogP contribution in [0.4, 0.5) is 0 Å². The molecule has 3 N–H and O–H groups in total. The number of rotatable bonds is 1. The summed E-state index contributed by atoms with van der Waals surface area (Å²) in [6.07, 6.45) is 0.720. The number of aryl methyl sites for hydroxylation is 2. The summed E-state index contributed by atoms with van der Waals surface area (Å²) >= 11 is 5.20. The molecular weight excluding hydrogens is 260 g/mol. The van der Waals surface area contributed by atoms with E-state index in [1.165, 1.54) is 16.7 Å². The van der Waals surface area contributed by atoms with E-state index in [1.807, 2.05) is 0 Å². The summed E-state index contributed by atoms with van der Waals surface area (Å²) in [4.78, 5) is 11.8. The highest BCUT2D eigenvalue weighted by Gasteiger charge is 2.41. The summed E-state index contributed by atoms with van der Waals surface area (Å²) in [5.74, 6) is -0.0473. The van der Waals surface area contributed by atoms with Gasteiger partial charge >= 0.3 is 0 Å². The average molecular weight is 276 g/mol. The number of hydrogen-bond donors (Lipinski definition) is 3. The number of amides is 1. The predicted octanol–water partition coefficient (Wildman–Crippen LogP) is 0.843. The summed E-state index contributed by atoms with van der Waals surface area (Å²) < 4.78 is 0. The number of nitrogens with one attached hydrogen (secondary N) is 3. The number of fused-ring (bicyclic) bond motifs is 1. The Bertz CT molecular complexity index is 536. The van der Waals surface area contributed by atoms with Crippen molar-refractivity contribution in [2.45, 2.75) is 32.4 Å². The SMILES string of the molecule is Cc1ccc(C)c(C2CC3C(=O)NNC(=S)N3N2)c1. The first-order chi connectivity index (χ1) is 9.06. The minimum absolute atomic E-state index is 0.0473. The van der Waals surface area contributed by atoms with Gasteiger partial charge in [0.05, 0.1) is 6.04 Å². The first-order valence-corrected chi connectivity index (χ1v) is 6.69. The van der Waals surface area contributed by atoms with Crippen LogP contribution in [0.1, 0.15) is 29.2 Å². The van der Waals surface area contributed by atoms with Crippen LogP contribution in [0.15, 0.2) is 18.2 Å². The zero-order valence-corrected chi connectivity index (χ0v) is 11.7. The van der Waals surface area contributed by atoms with Crippen LogP contribution >= 0.6 is 12.2 Å². The van der Waals surface area contributed by atoms with Gasteiger partial charge in [-0.3, -0.25) is 20.7 Å². The van der Waals surface area contributed by atoms with E-state index in [2.05, 4.69) is 48.3 Å². The van der Waals surface area contributed by atoms with Crippen LogP contribution in [0, 0.1) is 13.8 Å². The van der Waals surface area contributed by atoms with E-state index in [4.69, 9.17) is 12.2 Å². The highest BCUT2D eigenvalue weighted by Crippen LogP contribution is 2.30. The third-order valence-electron chi connectivity index (χ3n) is 3.69. The molecule has 2 heterocycles. The van der Waals surface area contributed by atoms with Gasteiger partial charge in [-0.25, -0.2) is 5.43 Å². The lowest BCUT2D eigenvalue weighted by Crippen LogP contribution is -2.63. The maximum Gasteiger partial charge on any atom is 0.262 e. The molecule has 2 aliphatic rings. The maximum atomic E-state index is 11.8.